The third kappa shape index (κ3) is 3.32. The molecule has 0 spiro atoms. The maximum Gasteiger partial charge on any atom is 0.234 e. The summed E-state index contributed by atoms with van der Waals surface area (Å²) in [7, 11) is 0. The van der Waals surface area contributed by atoms with Crippen molar-refractivity contribution in [3.63, 3.8) is 0 Å². The first-order valence-corrected chi connectivity index (χ1v) is 6.35. The second-order valence-corrected chi connectivity index (χ2v) is 5.78. The van der Waals surface area contributed by atoms with Crippen LogP contribution in [0.15, 0.2) is 12.1 Å². The summed E-state index contributed by atoms with van der Waals surface area (Å²) in [5.74, 6) is -0.0730. The van der Waals surface area contributed by atoms with E-state index in [2.05, 4.69) is 31.3 Å². The van der Waals surface area contributed by atoms with E-state index in [1.807, 2.05) is 13.8 Å². The summed E-state index contributed by atoms with van der Waals surface area (Å²) in [6.45, 7) is 8.13. The number of hydrogen-bond donors (Lipinski definition) is 2. The lowest BCUT2D eigenvalue weighted by molar-refractivity contribution is -0.121. The second-order valence-electron chi connectivity index (χ2n) is 4.46. The highest BCUT2D eigenvalue weighted by atomic mass is 32.1. The molecule has 0 fully saturated rings. The monoisotopic (exact) mass is 240 g/mol. The van der Waals surface area contributed by atoms with Crippen molar-refractivity contribution >= 4 is 17.2 Å². The predicted molar refractivity (Wildman–Crippen MR) is 68.4 cm³/mol. The van der Waals surface area contributed by atoms with E-state index < -0.39 is 0 Å². The molecule has 0 aliphatic carbocycles. The van der Waals surface area contributed by atoms with E-state index in [1.54, 1.807) is 11.3 Å². The fraction of sp³-hybridized carbons (Fsp3) is 0.583. The van der Waals surface area contributed by atoms with Crippen LogP contribution in [0.2, 0.25) is 0 Å². The molecule has 0 saturated heterocycles. The Morgan fingerprint density at radius 2 is 2.00 bits per heavy atom. The average Bonchev–Trinajstić information content (AvgIpc) is 2.59. The number of amides is 1. The van der Waals surface area contributed by atoms with Crippen LogP contribution < -0.4 is 11.1 Å². The summed E-state index contributed by atoms with van der Waals surface area (Å²) in [4.78, 5) is 13.8. The first kappa shape index (κ1) is 13.2. The smallest absolute Gasteiger partial charge is 0.234 e. The van der Waals surface area contributed by atoms with Crippen molar-refractivity contribution in [2.75, 3.05) is 0 Å². The molecule has 90 valence electrons. The number of aryl methyl sites for hydroxylation is 1. The molecule has 0 bridgehead atoms. The van der Waals surface area contributed by atoms with Crippen molar-refractivity contribution in [2.45, 2.75) is 39.8 Å². The van der Waals surface area contributed by atoms with Gasteiger partial charge in [-0.15, -0.1) is 11.3 Å². The van der Waals surface area contributed by atoms with Crippen LogP contribution in [-0.4, -0.2) is 11.9 Å². The molecule has 1 rings (SSSR count). The number of carbonyl (C=O) groups excluding carboxylic acids is 1. The Morgan fingerprint density at radius 1 is 1.38 bits per heavy atom. The van der Waals surface area contributed by atoms with Gasteiger partial charge in [-0.3, -0.25) is 10.1 Å². The van der Waals surface area contributed by atoms with Crippen LogP contribution in [0.4, 0.5) is 0 Å². The van der Waals surface area contributed by atoms with Gasteiger partial charge in [-0.1, -0.05) is 13.8 Å². The van der Waals surface area contributed by atoms with E-state index in [-0.39, 0.29) is 23.9 Å². The van der Waals surface area contributed by atoms with E-state index in [9.17, 15) is 4.79 Å². The van der Waals surface area contributed by atoms with Gasteiger partial charge >= 0.3 is 0 Å². The van der Waals surface area contributed by atoms with Gasteiger partial charge in [-0.05, 0) is 31.9 Å². The van der Waals surface area contributed by atoms with E-state index >= 15 is 0 Å². The molecule has 2 atom stereocenters. The molecule has 0 radical (unpaired) electrons. The van der Waals surface area contributed by atoms with E-state index in [1.165, 1.54) is 9.75 Å². The Hall–Kier alpha value is -0.870. The van der Waals surface area contributed by atoms with Crippen molar-refractivity contribution in [1.29, 1.82) is 0 Å². The highest BCUT2D eigenvalue weighted by Crippen LogP contribution is 2.23. The van der Waals surface area contributed by atoms with Gasteiger partial charge in [-0.25, -0.2) is 0 Å². The number of rotatable bonds is 5. The van der Waals surface area contributed by atoms with Crippen LogP contribution in [0.1, 0.15) is 36.6 Å². The van der Waals surface area contributed by atoms with Crippen LogP contribution in [0, 0.1) is 12.8 Å². The normalized spacial score (nSPS) is 15.1. The predicted octanol–water partition coefficient (Wildman–Crippen LogP) is 2.22. The zero-order valence-corrected chi connectivity index (χ0v) is 11.1. The molecule has 1 aromatic heterocycles. The molecule has 2 unspecified atom stereocenters. The lowest BCUT2D eigenvalue weighted by Crippen LogP contribution is -2.45. The summed E-state index contributed by atoms with van der Waals surface area (Å²) in [5, 5.41) is 3.28. The number of nitrogens with two attached hydrogens (primary N) is 1. The molecule has 3 N–H and O–H groups in total. The second kappa shape index (κ2) is 5.46. The van der Waals surface area contributed by atoms with Crippen molar-refractivity contribution in [3.8, 4) is 0 Å². The number of nitrogens with one attached hydrogen (secondary N) is 1. The minimum absolute atomic E-state index is 0.165. The fourth-order valence-corrected chi connectivity index (χ4v) is 2.53. The third-order valence-corrected chi connectivity index (χ3v) is 3.77. The largest absolute Gasteiger partial charge is 0.368 e. The van der Waals surface area contributed by atoms with Crippen LogP contribution in [0.5, 0.6) is 0 Å². The average molecular weight is 240 g/mol. The maximum atomic E-state index is 11.3. The lowest BCUT2D eigenvalue weighted by Gasteiger charge is -2.23. The lowest BCUT2D eigenvalue weighted by atomic mass is 10.0. The molecule has 1 heterocycles. The fourth-order valence-electron chi connectivity index (χ4n) is 1.64. The topological polar surface area (TPSA) is 55.1 Å². The molecular formula is C12H20N2OS. The summed E-state index contributed by atoms with van der Waals surface area (Å²) in [5.41, 5.74) is 5.37. The van der Waals surface area contributed by atoms with Gasteiger partial charge in [-0.2, -0.15) is 0 Å². The maximum absolute atomic E-state index is 11.3. The van der Waals surface area contributed by atoms with Gasteiger partial charge in [0.15, 0.2) is 0 Å². The Bertz CT molecular complexity index is 360. The van der Waals surface area contributed by atoms with Gasteiger partial charge in [0.05, 0.1) is 6.04 Å². The highest BCUT2D eigenvalue weighted by Gasteiger charge is 2.22. The quantitative estimate of drug-likeness (QED) is 0.829. The van der Waals surface area contributed by atoms with Crippen molar-refractivity contribution in [2.24, 2.45) is 11.7 Å². The molecule has 0 aromatic carbocycles. The summed E-state index contributed by atoms with van der Waals surface area (Å²) < 4.78 is 0. The van der Waals surface area contributed by atoms with Crippen LogP contribution >= 0.6 is 11.3 Å². The van der Waals surface area contributed by atoms with Gasteiger partial charge in [0.2, 0.25) is 5.91 Å². The Labute approximate surface area is 101 Å². The zero-order valence-electron chi connectivity index (χ0n) is 10.3. The van der Waals surface area contributed by atoms with Crippen molar-refractivity contribution < 1.29 is 4.79 Å². The summed E-state index contributed by atoms with van der Waals surface area (Å²) >= 11 is 1.75. The molecule has 4 heteroatoms. The SMILES string of the molecule is Cc1ccc(C(C)NC(C(N)=O)C(C)C)s1. The highest BCUT2D eigenvalue weighted by molar-refractivity contribution is 7.12. The molecule has 0 saturated carbocycles. The van der Waals surface area contributed by atoms with E-state index in [0.717, 1.165) is 0 Å². The van der Waals surface area contributed by atoms with Crippen LogP contribution in [0.3, 0.4) is 0 Å². The number of hydrogen-bond acceptors (Lipinski definition) is 3. The Morgan fingerprint density at radius 3 is 2.38 bits per heavy atom. The number of thiophene rings is 1. The molecular weight excluding hydrogens is 220 g/mol. The Kier molecular flexibility index (Phi) is 4.50. The van der Waals surface area contributed by atoms with Gasteiger partial charge < -0.3 is 5.73 Å². The zero-order chi connectivity index (χ0) is 12.3. The van der Waals surface area contributed by atoms with Crippen molar-refractivity contribution in [3.05, 3.63) is 21.9 Å². The van der Waals surface area contributed by atoms with Crippen LogP contribution in [-0.2, 0) is 4.79 Å². The minimum Gasteiger partial charge on any atom is -0.368 e. The Balaban J connectivity index is 2.68. The van der Waals surface area contributed by atoms with Gasteiger partial charge in [0.1, 0.15) is 0 Å². The van der Waals surface area contributed by atoms with E-state index in [0.29, 0.717) is 0 Å². The molecule has 0 aliphatic heterocycles. The summed E-state index contributed by atoms with van der Waals surface area (Å²) in [6.07, 6.45) is 0. The third-order valence-electron chi connectivity index (χ3n) is 2.59. The standard InChI is InChI=1S/C12H20N2OS/c1-7(2)11(12(13)15)14-9(4)10-6-5-8(3)16-10/h5-7,9,11,14H,1-4H3,(H2,13,15). The molecule has 3 nitrogen and oxygen atoms in total. The molecule has 0 aliphatic rings. The molecule has 16 heavy (non-hydrogen) atoms. The first-order chi connectivity index (χ1) is 7.41. The summed E-state index contributed by atoms with van der Waals surface area (Å²) in [6, 6.07) is 4.08. The molecule has 1 amide bonds. The van der Waals surface area contributed by atoms with Crippen molar-refractivity contribution in [1.82, 2.24) is 5.32 Å². The van der Waals surface area contributed by atoms with Gasteiger partial charge in [0, 0.05) is 15.8 Å². The van der Waals surface area contributed by atoms with Gasteiger partial charge in [0.25, 0.3) is 0 Å². The minimum atomic E-state index is -0.282. The van der Waals surface area contributed by atoms with Crippen LogP contribution in [0.25, 0.3) is 0 Å². The molecule has 1 aromatic rings. The number of carbonyl (C=O) groups is 1. The number of primary amides is 1. The first-order valence-electron chi connectivity index (χ1n) is 5.53. The van der Waals surface area contributed by atoms with E-state index in [4.69, 9.17) is 5.73 Å².